The molecule has 0 aliphatic carbocycles. The predicted molar refractivity (Wildman–Crippen MR) is 129 cm³/mol. The van der Waals surface area contributed by atoms with Gasteiger partial charge in [-0.25, -0.2) is 28.1 Å². The third kappa shape index (κ3) is 4.77. The minimum Gasteiger partial charge on any atom is -0.247 e. The number of rotatable bonds is 7. The van der Waals surface area contributed by atoms with Gasteiger partial charge in [0, 0.05) is 0 Å². The number of hydrogen-bond acceptors (Lipinski definition) is 3. The van der Waals surface area contributed by atoms with Crippen molar-refractivity contribution in [3.05, 3.63) is 92.2 Å². The molecule has 2 aromatic rings. The fourth-order valence-corrected chi connectivity index (χ4v) is 3.45. The molecule has 1 heterocycles. The fourth-order valence-electron chi connectivity index (χ4n) is 2.37. The summed E-state index contributed by atoms with van der Waals surface area (Å²) in [4.78, 5) is 37.6. The second-order valence-corrected chi connectivity index (χ2v) is 16.5. The quantitative estimate of drug-likeness (QED) is 0.255. The van der Waals surface area contributed by atoms with E-state index in [9.17, 15) is 14.4 Å². The molecule has 138 valence electrons. The highest BCUT2D eigenvalue weighted by molar-refractivity contribution is 14.3. The summed E-state index contributed by atoms with van der Waals surface area (Å²) < 4.78 is 2.99. The highest BCUT2D eigenvalue weighted by Crippen LogP contribution is 2.45. The van der Waals surface area contributed by atoms with Crippen LogP contribution in [0, 0.1) is 0 Å². The molecule has 6 nitrogen and oxygen atoms in total. The van der Waals surface area contributed by atoms with E-state index in [4.69, 9.17) is 0 Å². The number of aromatic nitrogens is 3. The van der Waals surface area contributed by atoms with Gasteiger partial charge in [0.05, 0.1) is 19.6 Å². The minimum atomic E-state index is -0.657. The number of nitrogens with zero attached hydrogens (tertiary/aromatic N) is 3. The molecule has 0 amide bonds. The molecule has 0 bridgehead atoms. The highest BCUT2D eigenvalue weighted by atomic mass is 127. The van der Waals surface area contributed by atoms with Crippen LogP contribution in [0.1, 0.15) is 11.1 Å². The van der Waals surface area contributed by atoms with Crippen molar-refractivity contribution >= 4 is 67.8 Å². The SMILES string of the molecule is C=CCn1c(=O)n(CC=C)c(=O)n(Cc2ccc(C(I)(I)I)cc2)c1=O. The third-order valence-electron chi connectivity index (χ3n) is 3.63. The predicted octanol–water partition coefficient (Wildman–Crippen LogP) is 3.01. The molecule has 1 aromatic heterocycles. The zero-order valence-corrected chi connectivity index (χ0v) is 20.2. The van der Waals surface area contributed by atoms with E-state index in [0.717, 1.165) is 24.8 Å². The van der Waals surface area contributed by atoms with Gasteiger partial charge in [-0.15, -0.1) is 13.2 Å². The Hall–Kier alpha value is -0.700. The van der Waals surface area contributed by atoms with Crippen molar-refractivity contribution < 1.29 is 0 Å². The highest BCUT2D eigenvalue weighted by Gasteiger charge is 2.20. The van der Waals surface area contributed by atoms with Crippen molar-refractivity contribution in [2.75, 3.05) is 0 Å². The standard InChI is InChI=1S/C17H16I3N3O3/c1-3-9-21-14(24)22(10-4-2)16(26)23(15(21)25)11-12-5-7-13(8-6-12)17(18,19)20/h3-8H,1-2,9-11H2. The summed E-state index contributed by atoms with van der Waals surface area (Å²) in [5, 5.41) is 0. The first-order chi connectivity index (χ1) is 12.2. The van der Waals surface area contributed by atoms with Crippen molar-refractivity contribution in [1.82, 2.24) is 13.7 Å². The van der Waals surface area contributed by atoms with Crippen LogP contribution >= 0.6 is 67.8 Å². The first kappa shape index (κ1) is 21.6. The number of alkyl halides is 3. The molecule has 0 fully saturated rings. The Morgan fingerprint density at radius 3 is 1.62 bits per heavy atom. The Balaban J connectivity index is 2.57. The molecule has 9 heteroatoms. The lowest BCUT2D eigenvalue weighted by Crippen LogP contribution is -2.54. The van der Waals surface area contributed by atoms with Crippen LogP contribution in [-0.2, 0) is 19.1 Å². The zero-order valence-electron chi connectivity index (χ0n) is 13.7. The summed E-state index contributed by atoms with van der Waals surface area (Å²) in [6, 6.07) is 7.70. The lowest BCUT2D eigenvalue weighted by Gasteiger charge is -2.14. The van der Waals surface area contributed by atoms with Gasteiger partial charge in [0.25, 0.3) is 0 Å². The van der Waals surface area contributed by atoms with Gasteiger partial charge in [0.15, 0.2) is 0 Å². The van der Waals surface area contributed by atoms with Gasteiger partial charge < -0.3 is 0 Å². The molecule has 0 spiro atoms. The monoisotopic (exact) mass is 691 g/mol. The molecule has 0 saturated carbocycles. The molecule has 0 radical (unpaired) electrons. The summed E-state index contributed by atoms with van der Waals surface area (Å²) >= 11 is 6.98. The normalized spacial score (nSPS) is 11.3. The topological polar surface area (TPSA) is 66.0 Å². The third-order valence-corrected chi connectivity index (χ3v) is 5.50. The smallest absolute Gasteiger partial charge is 0.247 e. The first-order valence-electron chi connectivity index (χ1n) is 7.53. The molecule has 0 aliphatic heterocycles. The first-order valence-corrected chi connectivity index (χ1v) is 10.8. The van der Waals surface area contributed by atoms with Gasteiger partial charge in [-0.05, 0) is 78.9 Å². The second-order valence-electron chi connectivity index (χ2n) is 5.43. The molecular weight excluding hydrogens is 675 g/mol. The van der Waals surface area contributed by atoms with Crippen molar-refractivity contribution in [3.8, 4) is 0 Å². The average Bonchev–Trinajstić information content (AvgIpc) is 2.59. The maximum Gasteiger partial charge on any atom is 0.336 e. The van der Waals surface area contributed by atoms with Gasteiger partial charge in [0.2, 0.25) is 0 Å². The van der Waals surface area contributed by atoms with Crippen molar-refractivity contribution in [2.45, 2.75) is 19.1 Å². The Labute approximate surface area is 191 Å². The molecule has 0 saturated heterocycles. The average molecular weight is 691 g/mol. The lowest BCUT2D eigenvalue weighted by molar-refractivity contribution is 0.498. The molecular formula is C17H16I3N3O3. The zero-order chi connectivity index (χ0) is 19.5. The summed E-state index contributed by atoms with van der Waals surface area (Å²) in [6.45, 7) is 7.29. The van der Waals surface area contributed by atoms with Crippen LogP contribution in [0.25, 0.3) is 0 Å². The number of halogens is 3. The summed E-state index contributed by atoms with van der Waals surface area (Å²) in [5.41, 5.74) is -0.0204. The van der Waals surface area contributed by atoms with E-state index >= 15 is 0 Å². The van der Waals surface area contributed by atoms with Gasteiger partial charge >= 0.3 is 17.1 Å². The Morgan fingerprint density at radius 1 is 0.808 bits per heavy atom. The Bertz CT molecular complexity index is 947. The molecule has 0 aliphatic rings. The van der Waals surface area contributed by atoms with Crippen LogP contribution in [0.5, 0.6) is 0 Å². The van der Waals surface area contributed by atoms with Crippen LogP contribution in [0.4, 0.5) is 0 Å². The van der Waals surface area contributed by atoms with Crippen molar-refractivity contribution in [3.63, 3.8) is 0 Å². The van der Waals surface area contributed by atoms with Crippen molar-refractivity contribution in [1.29, 1.82) is 0 Å². The summed E-state index contributed by atoms with van der Waals surface area (Å²) in [7, 11) is 0. The molecule has 0 unspecified atom stereocenters. The van der Waals surface area contributed by atoms with Crippen LogP contribution in [0.2, 0.25) is 0 Å². The Morgan fingerprint density at radius 2 is 1.23 bits per heavy atom. The van der Waals surface area contributed by atoms with Crippen LogP contribution in [0.15, 0.2) is 64.0 Å². The van der Waals surface area contributed by atoms with Gasteiger partial charge in [0.1, 0.15) is -0.565 Å². The lowest BCUT2D eigenvalue weighted by atomic mass is 10.1. The van der Waals surface area contributed by atoms with Gasteiger partial charge in [-0.2, -0.15) is 0 Å². The molecule has 26 heavy (non-hydrogen) atoms. The molecule has 2 rings (SSSR count). The van der Waals surface area contributed by atoms with E-state index < -0.39 is 17.1 Å². The fraction of sp³-hybridized carbons (Fsp3) is 0.235. The number of allylic oxidation sites excluding steroid dienone is 2. The van der Waals surface area contributed by atoms with Gasteiger partial charge in [-0.1, -0.05) is 36.4 Å². The number of benzene rings is 1. The summed E-state index contributed by atoms with van der Waals surface area (Å²) in [6.07, 6.45) is 2.90. The molecule has 0 atom stereocenters. The van der Waals surface area contributed by atoms with E-state index in [2.05, 4.69) is 80.9 Å². The van der Waals surface area contributed by atoms with E-state index in [0.29, 0.717) is 0 Å². The van der Waals surface area contributed by atoms with Crippen LogP contribution < -0.4 is 17.1 Å². The maximum atomic E-state index is 12.6. The van der Waals surface area contributed by atoms with Crippen LogP contribution in [0.3, 0.4) is 0 Å². The van der Waals surface area contributed by atoms with Crippen molar-refractivity contribution in [2.24, 2.45) is 0 Å². The molecule has 1 aromatic carbocycles. The second kappa shape index (κ2) is 8.99. The minimum absolute atomic E-state index is 0.0368. The summed E-state index contributed by atoms with van der Waals surface area (Å²) in [5.74, 6) is 0. The Kier molecular flexibility index (Phi) is 7.47. The van der Waals surface area contributed by atoms with Crippen LogP contribution in [-0.4, -0.2) is 13.7 Å². The van der Waals surface area contributed by atoms with Gasteiger partial charge in [-0.3, -0.25) is 0 Å². The van der Waals surface area contributed by atoms with E-state index in [1.807, 2.05) is 24.3 Å². The van der Waals surface area contributed by atoms with E-state index in [-0.39, 0.29) is 19.1 Å². The largest absolute Gasteiger partial charge is 0.336 e. The maximum absolute atomic E-state index is 12.6. The van der Waals surface area contributed by atoms with E-state index in [1.165, 1.54) is 12.2 Å². The molecule has 0 N–H and O–H groups in total. The number of hydrogen-bond donors (Lipinski definition) is 0. The van der Waals surface area contributed by atoms with E-state index in [1.54, 1.807) is 0 Å².